The molecule has 2 aromatic rings. The van der Waals surface area contributed by atoms with Crippen molar-refractivity contribution in [3.05, 3.63) is 59.7 Å². The first kappa shape index (κ1) is 20.8. The summed E-state index contributed by atoms with van der Waals surface area (Å²) in [5.41, 5.74) is -0.105. The molecule has 2 N–H and O–H groups in total. The van der Waals surface area contributed by atoms with Gasteiger partial charge in [-0.1, -0.05) is 6.07 Å². The molecule has 2 amide bonds. The van der Waals surface area contributed by atoms with E-state index in [1.165, 1.54) is 31.2 Å². The van der Waals surface area contributed by atoms with Gasteiger partial charge in [0.1, 0.15) is 17.3 Å². The van der Waals surface area contributed by atoms with Crippen LogP contribution in [0, 0.1) is 11.6 Å². The van der Waals surface area contributed by atoms with Crippen LogP contribution in [0.3, 0.4) is 0 Å². The molecule has 28 heavy (non-hydrogen) atoms. The molecule has 1 unspecified atom stereocenters. The highest BCUT2D eigenvalue weighted by Gasteiger charge is 2.21. The Bertz CT molecular complexity index is 851. The average molecular weight is 392 g/mol. The second kappa shape index (κ2) is 9.45. The van der Waals surface area contributed by atoms with Crippen LogP contribution in [-0.2, 0) is 14.3 Å². The Balaban J connectivity index is 1.96. The summed E-state index contributed by atoms with van der Waals surface area (Å²) in [5, 5.41) is 4.51. The molecule has 0 aliphatic rings. The number of hydrogen-bond donors (Lipinski definition) is 2. The van der Waals surface area contributed by atoms with E-state index in [2.05, 4.69) is 10.6 Å². The monoisotopic (exact) mass is 392 g/mol. The number of ether oxygens (including phenoxy) is 2. The molecule has 0 spiro atoms. The highest BCUT2D eigenvalue weighted by atomic mass is 19.1. The number of para-hydroxylation sites is 1. The predicted molar refractivity (Wildman–Crippen MR) is 97.0 cm³/mol. The summed E-state index contributed by atoms with van der Waals surface area (Å²) in [6.45, 7) is 3.15. The maximum absolute atomic E-state index is 13.6. The Kier molecular flexibility index (Phi) is 7.02. The summed E-state index contributed by atoms with van der Waals surface area (Å²) in [4.78, 5) is 35.5. The molecule has 9 heteroatoms. The fourth-order valence-corrected chi connectivity index (χ4v) is 2.10. The summed E-state index contributed by atoms with van der Waals surface area (Å²) in [5.74, 6) is -3.61. The second-order valence-electron chi connectivity index (χ2n) is 5.56. The first-order valence-electron chi connectivity index (χ1n) is 8.31. The molecule has 0 saturated heterocycles. The van der Waals surface area contributed by atoms with Gasteiger partial charge >= 0.3 is 12.1 Å². The minimum atomic E-state index is -1.30. The SMILES string of the molecule is CCOC(=O)Nc1ccc(C(=O)OC(C)C(=O)Nc2c(F)cccc2F)cc1. The maximum Gasteiger partial charge on any atom is 0.411 e. The van der Waals surface area contributed by atoms with Crippen LogP contribution >= 0.6 is 0 Å². The number of carbonyl (C=O) groups is 3. The summed E-state index contributed by atoms with van der Waals surface area (Å²) < 4.78 is 36.9. The van der Waals surface area contributed by atoms with Gasteiger partial charge in [0.2, 0.25) is 0 Å². The first-order chi connectivity index (χ1) is 13.3. The number of carbonyl (C=O) groups excluding carboxylic acids is 3. The third-order valence-corrected chi connectivity index (χ3v) is 3.51. The topological polar surface area (TPSA) is 93.7 Å². The van der Waals surface area contributed by atoms with Crippen molar-refractivity contribution in [2.75, 3.05) is 17.2 Å². The van der Waals surface area contributed by atoms with E-state index in [-0.39, 0.29) is 12.2 Å². The molecule has 0 fully saturated rings. The van der Waals surface area contributed by atoms with Crippen LogP contribution in [0.15, 0.2) is 42.5 Å². The van der Waals surface area contributed by atoms with Gasteiger partial charge in [-0.3, -0.25) is 10.1 Å². The largest absolute Gasteiger partial charge is 0.450 e. The van der Waals surface area contributed by atoms with Gasteiger partial charge < -0.3 is 14.8 Å². The highest BCUT2D eigenvalue weighted by molar-refractivity contribution is 5.97. The number of esters is 1. The molecule has 0 aliphatic heterocycles. The normalized spacial score (nSPS) is 11.3. The maximum atomic E-state index is 13.6. The molecular formula is C19H18F2N2O5. The molecule has 148 valence electrons. The zero-order valence-electron chi connectivity index (χ0n) is 15.1. The minimum absolute atomic E-state index is 0.117. The summed E-state index contributed by atoms with van der Waals surface area (Å²) in [6, 6.07) is 8.79. The minimum Gasteiger partial charge on any atom is -0.450 e. The van der Waals surface area contributed by atoms with Crippen LogP contribution < -0.4 is 10.6 Å². The zero-order valence-corrected chi connectivity index (χ0v) is 15.1. The van der Waals surface area contributed by atoms with Crippen LogP contribution in [0.1, 0.15) is 24.2 Å². The van der Waals surface area contributed by atoms with Crippen molar-refractivity contribution in [1.82, 2.24) is 0 Å². The van der Waals surface area contributed by atoms with Gasteiger partial charge in [0.25, 0.3) is 5.91 Å². The standard InChI is InChI=1S/C19H18F2N2O5/c1-3-27-19(26)22-13-9-7-12(8-10-13)18(25)28-11(2)17(24)23-16-14(20)5-4-6-15(16)21/h4-11H,3H2,1-2H3,(H,22,26)(H,23,24). The van der Waals surface area contributed by atoms with Crippen molar-refractivity contribution in [2.24, 2.45) is 0 Å². The number of amides is 2. The summed E-state index contributed by atoms with van der Waals surface area (Å²) >= 11 is 0. The molecule has 0 bridgehead atoms. The van der Waals surface area contributed by atoms with E-state index in [0.717, 1.165) is 18.2 Å². The number of rotatable bonds is 6. The lowest BCUT2D eigenvalue weighted by Gasteiger charge is -2.14. The van der Waals surface area contributed by atoms with E-state index in [1.807, 2.05) is 0 Å². The van der Waals surface area contributed by atoms with Gasteiger partial charge in [0.15, 0.2) is 6.10 Å². The predicted octanol–water partition coefficient (Wildman–Crippen LogP) is 3.72. The van der Waals surface area contributed by atoms with E-state index in [1.54, 1.807) is 6.92 Å². The van der Waals surface area contributed by atoms with Crippen LogP contribution in [0.25, 0.3) is 0 Å². The van der Waals surface area contributed by atoms with Gasteiger partial charge in [-0.05, 0) is 50.2 Å². The van der Waals surface area contributed by atoms with Gasteiger partial charge in [-0.15, -0.1) is 0 Å². The average Bonchev–Trinajstić information content (AvgIpc) is 2.65. The van der Waals surface area contributed by atoms with E-state index < -0.39 is 41.4 Å². The zero-order chi connectivity index (χ0) is 20.7. The molecule has 0 heterocycles. The fraction of sp³-hybridized carbons (Fsp3) is 0.211. The molecular weight excluding hydrogens is 374 g/mol. The number of nitrogens with one attached hydrogen (secondary N) is 2. The van der Waals surface area contributed by atoms with Crippen LogP contribution in [0.5, 0.6) is 0 Å². The molecule has 0 radical (unpaired) electrons. The Hall–Kier alpha value is -3.49. The molecule has 1 atom stereocenters. The van der Waals surface area contributed by atoms with E-state index in [4.69, 9.17) is 9.47 Å². The van der Waals surface area contributed by atoms with Crippen molar-refractivity contribution < 1.29 is 32.6 Å². The van der Waals surface area contributed by atoms with Crippen molar-refractivity contribution >= 4 is 29.3 Å². The Morgan fingerprint density at radius 3 is 2.18 bits per heavy atom. The fourth-order valence-electron chi connectivity index (χ4n) is 2.10. The summed E-state index contributed by atoms with van der Waals surface area (Å²) in [7, 11) is 0. The van der Waals surface area contributed by atoms with Gasteiger partial charge in [0.05, 0.1) is 12.2 Å². The summed E-state index contributed by atoms with van der Waals surface area (Å²) in [6.07, 6.45) is -1.94. The van der Waals surface area contributed by atoms with Gasteiger partial charge in [-0.25, -0.2) is 18.4 Å². The molecule has 2 rings (SSSR count). The van der Waals surface area contributed by atoms with E-state index in [9.17, 15) is 23.2 Å². The van der Waals surface area contributed by atoms with Crippen LogP contribution in [0.2, 0.25) is 0 Å². The van der Waals surface area contributed by atoms with Gasteiger partial charge in [-0.2, -0.15) is 0 Å². The van der Waals surface area contributed by atoms with Crippen LogP contribution in [-0.4, -0.2) is 30.7 Å². The third-order valence-electron chi connectivity index (χ3n) is 3.51. The van der Waals surface area contributed by atoms with Crippen molar-refractivity contribution in [2.45, 2.75) is 20.0 Å². The van der Waals surface area contributed by atoms with Crippen LogP contribution in [0.4, 0.5) is 25.0 Å². The molecule has 0 saturated carbocycles. The third kappa shape index (κ3) is 5.50. The quantitative estimate of drug-likeness (QED) is 0.731. The lowest BCUT2D eigenvalue weighted by Crippen LogP contribution is -2.30. The van der Waals surface area contributed by atoms with Crippen molar-refractivity contribution in [3.63, 3.8) is 0 Å². The van der Waals surface area contributed by atoms with Gasteiger partial charge in [0, 0.05) is 5.69 Å². The molecule has 0 aromatic heterocycles. The Morgan fingerprint density at radius 1 is 1.00 bits per heavy atom. The smallest absolute Gasteiger partial charge is 0.411 e. The van der Waals surface area contributed by atoms with E-state index in [0.29, 0.717) is 5.69 Å². The lowest BCUT2D eigenvalue weighted by molar-refractivity contribution is -0.123. The lowest BCUT2D eigenvalue weighted by atomic mass is 10.2. The molecule has 2 aromatic carbocycles. The first-order valence-corrected chi connectivity index (χ1v) is 8.31. The number of benzene rings is 2. The van der Waals surface area contributed by atoms with Crippen molar-refractivity contribution in [1.29, 1.82) is 0 Å². The Labute approximate surface area is 159 Å². The highest BCUT2D eigenvalue weighted by Crippen LogP contribution is 2.19. The number of hydrogen-bond acceptors (Lipinski definition) is 5. The number of halogens is 2. The molecule has 0 aliphatic carbocycles. The molecule has 7 nitrogen and oxygen atoms in total. The van der Waals surface area contributed by atoms with E-state index >= 15 is 0 Å². The Morgan fingerprint density at radius 2 is 1.61 bits per heavy atom. The van der Waals surface area contributed by atoms with Crippen molar-refractivity contribution in [3.8, 4) is 0 Å². The number of anilines is 2. The second-order valence-corrected chi connectivity index (χ2v) is 5.56.